The van der Waals surface area contributed by atoms with Crippen molar-refractivity contribution in [3.63, 3.8) is 0 Å². The van der Waals surface area contributed by atoms with Crippen molar-refractivity contribution in [3.05, 3.63) is 64.0 Å². The molecule has 0 bridgehead atoms. The van der Waals surface area contributed by atoms with E-state index in [1.165, 1.54) is 36.4 Å². The summed E-state index contributed by atoms with van der Waals surface area (Å²) in [6.07, 6.45) is 2.85. The number of halogens is 1. The molecule has 11 heteroatoms. The number of hydrogen-bond acceptors (Lipinski definition) is 9. The van der Waals surface area contributed by atoms with Crippen molar-refractivity contribution in [1.82, 2.24) is 14.9 Å². The number of rotatable bonds is 6. The molecule has 1 aliphatic heterocycles. The lowest BCUT2D eigenvalue weighted by Gasteiger charge is -2.34. The zero-order chi connectivity index (χ0) is 22.7. The highest BCUT2D eigenvalue weighted by molar-refractivity contribution is 5.74. The number of benzene rings is 1. The van der Waals surface area contributed by atoms with Crippen LogP contribution in [0.15, 0.2) is 40.8 Å². The fraction of sp³-hybridized carbons (Fsp3) is 0.238. The Kier molecular flexibility index (Phi) is 5.99. The molecule has 0 saturated carbocycles. The highest BCUT2D eigenvalue weighted by Gasteiger charge is 2.23. The first-order chi connectivity index (χ1) is 15.4. The Morgan fingerprint density at radius 1 is 1.12 bits per heavy atom. The maximum absolute atomic E-state index is 15.2. The number of aromatic nitrogens is 2. The second-order valence-electron chi connectivity index (χ2n) is 7.30. The minimum absolute atomic E-state index is 0.0701. The van der Waals surface area contributed by atoms with Crippen LogP contribution in [0.4, 0.5) is 27.5 Å². The molecule has 3 heterocycles. The molecule has 1 aliphatic rings. The van der Waals surface area contributed by atoms with Gasteiger partial charge in [0.2, 0.25) is 5.95 Å². The SMILES string of the molecule is CN1CCN(c2c(F)nc(/C=C/c3ccc([N+](=O)[O-])o3)nc2Nc2ccc(O)cc2)CC1. The quantitative estimate of drug-likeness (QED) is 0.257. The number of phenols is 1. The van der Waals surface area contributed by atoms with Gasteiger partial charge in [0, 0.05) is 31.9 Å². The molecule has 4 rings (SSSR count). The highest BCUT2D eigenvalue weighted by Crippen LogP contribution is 2.31. The van der Waals surface area contributed by atoms with Crippen LogP contribution < -0.4 is 10.2 Å². The third-order valence-corrected chi connectivity index (χ3v) is 5.00. The first kappa shape index (κ1) is 21.2. The molecule has 1 saturated heterocycles. The summed E-state index contributed by atoms with van der Waals surface area (Å²) in [5, 5.41) is 23.4. The number of nitrogens with one attached hydrogen (secondary N) is 1. The fourth-order valence-electron chi connectivity index (χ4n) is 3.28. The molecule has 0 radical (unpaired) electrons. The van der Waals surface area contributed by atoms with Crippen LogP contribution in [0.3, 0.4) is 0 Å². The van der Waals surface area contributed by atoms with Gasteiger partial charge in [0.1, 0.15) is 22.1 Å². The summed E-state index contributed by atoms with van der Waals surface area (Å²) < 4.78 is 20.2. The molecule has 3 aromatic rings. The van der Waals surface area contributed by atoms with Gasteiger partial charge in [-0.15, -0.1) is 0 Å². The predicted octanol–water partition coefficient (Wildman–Crippen LogP) is 3.49. The van der Waals surface area contributed by atoms with Gasteiger partial charge >= 0.3 is 5.88 Å². The van der Waals surface area contributed by atoms with Crippen LogP contribution in [-0.2, 0) is 0 Å². The minimum atomic E-state index is -0.684. The number of nitrogens with zero attached hydrogens (tertiary/aromatic N) is 5. The Bertz CT molecular complexity index is 1140. The highest BCUT2D eigenvalue weighted by atomic mass is 19.1. The van der Waals surface area contributed by atoms with E-state index in [4.69, 9.17) is 4.42 Å². The number of anilines is 3. The summed E-state index contributed by atoms with van der Waals surface area (Å²) in [6.45, 7) is 2.78. The van der Waals surface area contributed by atoms with Crippen LogP contribution in [0.1, 0.15) is 11.6 Å². The van der Waals surface area contributed by atoms with Crippen molar-refractivity contribution in [2.45, 2.75) is 0 Å². The summed E-state index contributed by atoms with van der Waals surface area (Å²) in [4.78, 5) is 22.6. The zero-order valence-electron chi connectivity index (χ0n) is 17.2. The lowest BCUT2D eigenvalue weighted by Crippen LogP contribution is -2.45. The summed E-state index contributed by atoms with van der Waals surface area (Å²) in [7, 11) is 2.01. The first-order valence-electron chi connectivity index (χ1n) is 9.88. The van der Waals surface area contributed by atoms with Crippen LogP contribution in [0, 0.1) is 16.1 Å². The monoisotopic (exact) mass is 440 g/mol. The fourth-order valence-corrected chi connectivity index (χ4v) is 3.28. The number of furan rings is 1. The van der Waals surface area contributed by atoms with Gasteiger partial charge in [-0.1, -0.05) is 0 Å². The smallest absolute Gasteiger partial charge is 0.433 e. The molecule has 0 spiro atoms. The van der Waals surface area contributed by atoms with E-state index in [-0.39, 0.29) is 28.8 Å². The van der Waals surface area contributed by atoms with Gasteiger partial charge in [-0.25, -0.2) is 4.98 Å². The molecular weight excluding hydrogens is 419 g/mol. The van der Waals surface area contributed by atoms with E-state index in [0.29, 0.717) is 18.8 Å². The maximum Gasteiger partial charge on any atom is 0.433 e. The average Bonchev–Trinajstić information content (AvgIpc) is 3.24. The van der Waals surface area contributed by atoms with Crippen LogP contribution in [0.5, 0.6) is 5.75 Å². The van der Waals surface area contributed by atoms with Crippen molar-refractivity contribution in [2.75, 3.05) is 43.4 Å². The number of nitro groups is 1. The number of aromatic hydroxyl groups is 1. The van der Waals surface area contributed by atoms with Crippen LogP contribution in [0.25, 0.3) is 12.2 Å². The molecule has 0 unspecified atom stereocenters. The largest absolute Gasteiger partial charge is 0.508 e. The second kappa shape index (κ2) is 9.02. The molecule has 166 valence electrons. The van der Waals surface area contributed by atoms with E-state index in [1.807, 2.05) is 11.9 Å². The Labute approximate surface area is 182 Å². The van der Waals surface area contributed by atoms with Gasteiger partial charge in [0.25, 0.3) is 0 Å². The normalized spacial score (nSPS) is 14.8. The third kappa shape index (κ3) is 4.83. The van der Waals surface area contributed by atoms with Gasteiger partial charge in [-0.05, 0) is 49.5 Å². The van der Waals surface area contributed by atoms with Gasteiger partial charge in [-0.2, -0.15) is 9.37 Å². The molecule has 2 aromatic heterocycles. The van der Waals surface area contributed by atoms with Crippen LogP contribution in [0.2, 0.25) is 0 Å². The summed E-state index contributed by atoms with van der Waals surface area (Å²) in [5.74, 6) is -0.400. The van der Waals surface area contributed by atoms with E-state index in [9.17, 15) is 15.2 Å². The molecule has 1 aromatic carbocycles. The minimum Gasteiger partial charge on any atom is -0.508 e. The Morgan fingerprint density at radius 2 is 1.84 bits per heavy atom. The van der Waals surface area contributed by atoms with E-state index < -0.39 is 16.8 Å². The molecule has 1 fully saturated rings. The Hall–Kier alpha value is -3.99. The summed E-state index contributed by atoms with van der Waals surface area (Å²) in [6, 6.07) is 9.00. The van der Waals surface area contributed by atoms with Gasteiger partial charge in [0.15, 0.2) is 11.6 Å². The van der Waals surface area contributed by atoms with Crippen molar-refractivity contribution in [1.29, 1.82) is 0 Å². The van der Waals surface area contributed by atoms with Crippen molar-refractivity contribution >= 4 is 35.2 Å². The number of likely N-dealkylation sites (N-methyl/N-ethyl adjacent to an activating group) is 1. The van der Waals surface area contributed by atoms with Gasteiger partial charge in [0.05, 0.1) is 6.07 Å². The molecule has 0 aliphatic carbocycles. The van der Waals surface area contributed by atoms with E-state index >= 15 is 4.39 Å². The number of piperazine rings is 1. The first-order valence-corrected chi connectivity index (χ1v) is 9.88. The molecule has 32 heavy (non-hydrogen) atoms. The van der Waals surface area contributed by atoms with E-state index in [1.54, 1.807) is 12.1 Å². The zero-order valence-corrected chi connectivity index (χ0v) is 17.2. The van der Waals surface area contributed by atoms with Crippen LogP contribution >= 0.6 is 0 Å². The maximum atomic E-state index is 15.2. The Balaban J connectivity index is 1.67. The predicted molar refractivity (Wildman–Crippen MR) is 117 cm³/mol. The molecule has 0 atom stereocenters. The van der Waals surface area contributed by atoms with E-state index in [2.05, 4.69) is 20.2 Å². The molecular formula is C21H21FN6O4. The Morgan fingerprint density at radius 3 is 2.50 bits per heavy atom. The van der Waals surface area contributed by atoms with Crippen molar-refractivity contribution in [2.24, 2.45) is 0 Å². The molecule has 2 N–H and O–H groups in total. The molecule has 0 amide bonds. The van der Waals surface area contributed by atoms with Crippen LogP contribution in [-0.4, -0.2) is 58.1 Å². The van der Waals surface area contributed by atoms with E-state index in [0.717, 1.165) is 13.1 Å². The summed E-state index contributed by atoms with van der Waals surface area (Å²) >= 11 is 0. The lowest BCUT2D eigenvalue weighted by atomic mass is 10.2. The van der Waals surface area contributed by atoms with Gasteiger partial charge in [-0.3, -0.25) is 10.1 Å². The average molecular weight is 440 g/mol. The standard InChI is InChI=1S/C21H21FN6O4/c1-26-10-12-27(13-11-26)19-20(22)24-17(8-6-16-7-9-18(32-16)28(30)31)25-21(19)23-14-2-4-15(29)5-3-14/h2-9,29H,10-13H2,1H3,(H,23,24,25)/b8-6+. The second-order valence-corrected chi connectivity index (χ2v) is 7.30. The number of phenolic OH excluding ortho intramolecular Hbond substituents is 1. The van der Waals surface area contributed by atoms with Crippen molar-refractivity contribution < 1.29 is 18.8 Å². The van der Waals surface area contributed by atoms with Gasteiger partial charge < -0.3 is 24.6 Å². The molecule has 10 nitrogen and oxygen atoms in total. The topological polar surface area (TPSA) is 121 Å². The summed E-state index contributed by atoms with van der Waals surface area (Å²) in [5.41, 5.74) is 0.879. The third-order valence-electron chi connectivity index (χ3n) is 5.00. The lowest BCUT2D eigenvalue weighted by molar-refractivity contribution is -0.402. The van der Waals surface area contributed by atoms with Crippen molar-refractivity contribution in [3.8, 4) is 5.75 Å². The number of hydrogen-bond donors (Lipinski definition) is 2.